The molecule has 0 saturated heterocycles. The molecule has 1 heterocycles. The van der Waals surface area contributed by atoms with E-state index in [1.807, 2.05) is 13.2 Å². The number of carboxylic acid groups (broad SMARTS) is 1. The number of aryl methyl sites for hydroxylation is 1. The van der Waals surface area contributed by atoms with Crippen LogP contribution in [-0.4, -0.2) is 38.7 Å². The number of aromatic nitrogens is 2. The van der Waals surface area contributed by atoms with Crippen LogP contribution in [0.1, 0.15) is 26.2 Å². The fourth-order valence-electron chi connectivity index (χ4n) is 2.22. The highest BCUT2D eigenvalue weighted by Gasteiger charge is 2.50. The molecule has 1 unspecified atom stereocenters. The van der Waals surface area contributed by atoms with Crippen LogP contribution in [0.2, 0.25) is 0 Å². The third-order valence-electron chi connectivity index (χ3n) is 3.49. The van der Waals surface area contributed by atoms with Crippen LogP contribution in [0.5, 0.6) is 0 Å². The van der Waals surface area contributed by atoms with Crippen LogP contribution in [0.15, 0.2) is 17.3 Å². The molecule has 0 radical (unpaired) electrons. The topological polar surface area (TPSA) is 67.2 Å². The van der Waals surface area contributed by atoms with E-state index < -0.39 is 11.5 Å². The maximum absolute atomic E-state index is 11.7. The Hall–Kier alpha value is -1.01. The van der Waals surface area contributed by atoms with E-state index in [1.54, 1.807) is 22.6 Å². The van der Waals surface area contributed by atoms with E-state index >= 15 is 0 Å². The zero-order valence-corrected chi connectivity index (χ0v) is 12.2. The molecule has 2 N–H and O–H groups in total. The summed E-state index contributed by atoms with van der Waals surface area (Å²) in [7, 11) is 1.87. The first-order chi connectivity index (χ1) is 9.08. The van der Waals surface area contributed by atoms with Crippen molar-refractivity contribution in [2.75, 3.05) is 12.3 Å². The molecule has 1 saturated carbocycles. The fraction of sp³-hybridized carbons (Fsp3) is 0.692. The predicted octanol–water partition coefficient (Wildman–Crippen LogP) is 1.75. The standard InChI is InChI=1S/C13H21N3O2S/c1-3-6-14-13(12(17)18,10-4-5-10)9-19-11-7-15-16(2)8-11/h7-8,10,14H,3-6,9H2,1-2H3,(H,17,18). The third kappa shape index (κ3) is 3.30. The molecule has 1 fully saturated rings. The number of rotatable bonds is 8. The van der Waals surface area contributed by atoms with Gasteiger partial charge in [0, 0.05) is 23.9 Å². The van der Waals surface area contributed by atoms with Gasteiger partial charge < -0.3 is 10.4 Å². The maximum Gasteiger partial charge on any atom is 0.325 e. The summed E-state index contributed by atoms with van der Waals surface area (Å²) in [4.78, 5) is 12.8. The van der Waals surface area contributed by atoms with Gasteiger partial charge in [0.15, 0.2) is 0 Å². The van der Waals surface area contributed by atoms with Gasteiger partial charge in [-0.05, 0) is 31.7 Å². The predicted molar refractivity (Wildman–Crippen MR) is 75.3 cm³/mol. The Morgan fingerprint density at radius 1 is 1.68 bits per heavy atom. The zero-order valence-electron chi connectivity index (χ0n) is 11.4. The molecule has 1 aromatic rings. The Morgan fingerprint density at radius 3 is 2.89 bits per heavy atom. The van der Waals surface area contributed by atoms with E-state index in [9.17, 15) is 9.90 Å². The van der Waals surface area contributed by atoms with E-state index in [0.29, 0.717) is 5.75 Å². The molecule has 5 nitrogen and oxygen atoms in total. The minimum atomic E-state index is -0.781. The first kappa shape index (κ1) is 14.4. The zero-order chi connectivity index (χ0) is 13.9. The number of aliphatic carboxylic acids is 1. The molecule has 19 heavy (non-hydrogen) atoms. The molecular weight excluding hydrogens is 262 g/mol. The summed E-state index contributed by atoms with van der Waals surface area (Å²) in [6.07, 6.45) is 6.67. The highest BCUT2D eigenvalue weighted by molar-refractivity contribution is 7.99. The summed E-state index contributed by atoms with van der Waals surface area (Å²) in [5.41, 5.74) is -0.781. The van der Waals surface area contributed by atoms with Gasteiger partial charge in [0.25, 0.3) is 0 Å². The molecule has 0 aromatic carbocycles. The summed E-state index contributed by atoms with van der Waals surface area (Å²) >= 11 is 1.57. The second-order valence-electron chi connectivity index (χ2n) is 5.12. The summed E-state index contributed by atoms with van der Waals surface area (Å²) in [6.45, 7) is 2.80. The summed E-state index contributed by atoms with van der Waals surface area (Å²) < 4.78 is 1.74. The second kappa shape index (κ2) is 5.96. The molecule has 0 spiro atoms. The largest absolute Gasteiger partial charge is 0.480 e. The van der Waals surface area contributed by atoms with Crippen molar-refractivity contribution in [2.24, 2.45) is 13.0 Å². The normalized spacial score (nSPS) is 18.2. The lowest BCUT2D eigenvalue weighted by atomic mass is 9.95. The number of hydrogen-bond donors (Lipinski definition) is 2. The van der Waals surface area contributed by atoms with Crippen LogP contribution in [0.25, 0.3) is 0 Å². The lowest BCUT2D eigenvalue weighted by molar-refractivity contribution is -0.144. The van der Waals surface area contributed by atoms with Crippen molar-refractivity contribution in [1.29, 1.82) is 0 Å². The SMILES string of the molecule is CCCNC(CSc1cnn(C)c1)(C(=O)O)C1CC1. The van der Waals surface area contributed by atoms with Gasteiger partial charge >= 0.3 is 5.97 Å². The maximum atomic E-state index is 11.7. The molecule has 0 aliphatic heterocycles. The molecule has 2 rings (SSSR count). The molecule has 6 heteroatoms. The highest BCUT2D eigenvalue weighted by Crippen LogP contribution is 2.42. The molecule has 1 atom stereocenters. The van der Waals surface area contributed by atoms with Gasteiger partial charge in [-0.3, -0.25) is 9.48 Å². The molecule has 1 aliphatic rings. The number of carboxylic acids is 1. The highest BCUT2D eigenvalue weighted by atomic mass is 32.2. The van der Waals surface area contributed by atoms with Crippen LogP contribution in [0, 0.1) is 5.92 Å². The van der Waals surface area contributed by atoms with Crippen molar-refractivity contribution in [3.8, 4) is 0 Å². The Bertz CT molecular complexity index is 445. The second-order valence-corrected chi connectivity index (χ2v) is 6.16. The van der Waals surface area contributed by atoms with Crippen LogP contribution in [0.3, 0.4) is 0 Å². The van der Waals surface area contributed by atoms with Crippen LogP contribution >= 0.6 is 11.8 Å². The molecule has 106 valence electrons. The molecule has 0 bridgehead atoms. The number of nitrogens with one attached hydrogen (secondary N) is 1. The Morgan fingerprint density at radius 2 is 2.42 bits per heavy atom. The number of carbonyl (C=O) groups is 1. The van der Waals surface area contributed by atoms with Crippen molar-refractivity contribution < 1.29 is 9.90 Å². The van der Waals surface area contributed by atoms with E-state index in [2.05, 4.69) is 17.3 Å². The summed E-state index contributed by atoms with van der Waals surface area (Å²) in [6, 6.07) is 0. The quantitative estimate of drug-likeness (QED) is 0.711. The average Bonchev–Trinajstić information content (AvgIpc) is 3.13. The monoisotopic (exact) mass is 283 g/mol. The van der Waals surface area contributed by atoms with Crippen molar-refractivity contribution in [1.82, 2.24) is 15.1 Å². The molecule has 1 aliphatic carbocycles. The van der Waals surface area contributed by atoms with Crippen molar-refractivity contribution in [3.63, 3.8) is 0 Å². The lowest BCUT2D eigenvalue weighted by Gasteiger charge is -2.30. The number of thioether (sulfide) groups is 1. The lowest BCUT2D eigenvalue weighted by Crippen LogP contribution is -2.56. The molecule has 1 aromatic heterocycles. The van der Waals surface area contributed by atoms with Crippen molar-refractivity contribution in [2.45, 2.75) is 36.6 Å². The number of hydrogen-bond acceptors (Lipinski definition) is 4. The first-order valence-electron chi connectivity index (χ1n) is 6.68. The summed E-state index contributed by atoms with van der Waals surface area (Å²) in [5, 5.41) is 17.0. The average molecular weight is 283 g/mol. The Labute approximate surface area is 117 Å². The van der Waals surface area contributed by atoms with Gasteiger partial charge in [-0.1, -0.05) is 6.92 Å². The van der Waals surface area contributed by atoms with Gasteiger partial charge in [0.2, 0.25) is 0 Å². The van der Waals surface area contributed by atoms with E-state index in [-0.39, 0.29) is 5.92 Å². The van der Waals surface area contributed by atoms with Gasteiger partial charge in [0.05, 0.1) is 6.20 Å². The van der Waals surface area contributed by atoms with Crippen LogP contribution in [0.4, 0.5) is 0 Å². The van der Waals surface area contributed by atoms with E-state index in [0.717, 1.165) is 30.7 Å². The Balaban J connectivity index is 2.05. The van der Waals surface area contributed by atoms with Crippen LogP contribution < -0.4 is 5.32 Å². The van der Waals surface area contributed by atoms with Crippen molar-refractivity contribution in [3.05, 3.63) is 12.4 Å². The van der Waals surface area contributed by atoms with E-state index in [4.69, 9.17) is 0 Å². The Kier molecular flexibility index (Phi) is 4.52. The van der Waals surface area contributed by atoms with E-state index in [1.165, 1.54) is 0 Å². The van der Waals surface area contributed by atoms with Crippen LogP contribution in [-0.2, 0) is 11.8 Å². The number of nitrogens with zero attached hydrogens (tertiary/aromatic N) is 2. The smallest absolute Gasteiger partial charge is 0.325 e. The van der Waals surface area contributed by atoms with Gasteiger partial charge in [-0.25, -0.2) is 0 Å². The summed E-state index contributed by atoms with van der Waals surface area (Å²) in [5.74, 6) is 0.0964. The first-order valence-corrected chi connectivity index (χ1v) is 7.67. The van der Waals surface area contributed by atoms with Gasteiger partial charge in [0.1, 0.15) is 5.54 Å². The minimum absolute atomic E-state index is 0.265. The van der Waals surface area contributed by atoms with Gasteiger partial charge in [-0.2, -0.15) is 5.10 Å². The minimum Gasteiger partial charge on any atom is -0.480 e. The van der Waals surface area contributed by atoms with Gasteiger partial charge in [-0.15, -0.1) is 11.8 Å². The van der Waals surface area contributed by atoms with Crippen molar-refractivity contribution >= 4 is 17.7 Å². The fourth-order valence-corrected chi connectivity index (χ4v) is 3.42. The molecule has 0 amide bonds. The third-order valence-corrected chi connectivity index (χ3v) is 4.64. The molecular formula is C13H21N3O2S.